The Morgan fingerprint density at radius 3 is 2.10 bits per heavy atom. The average Bonchev–Trinajstić information content (AvgIpc) is 3.50. The van der Waals surface area contributed by atoms with Crippen LogP contribution in [0.1, 0.15) is 58.9 Å². The molecule has 4 rings (SSSR count). The van der Waals surface area contributed by atoms with E-state index in [1.807, 2.05) is 17.0 Å². The molecule has 3 aromatic rings. The van der Waals surface area contributed by atoms with Gasteiger partial charge < -0.3 is 23.5 Å². The molecule has 3 aromatic carbocycles. The smallest absolute Gasteiger partial charge is 0.261 e. The van der Waals surface area contributed by atoms with Crippen LogP contribution in [0, 0.1) is 11.8 Å². The molecule has 0 aromatic heterocycles. The lowest BCUT2D eigenvalue weighted by Gasteiger charge is -2.43. The number of carbonyl (C=O) groups is 1. The number of likely N-dealkylation sites (tertiary alicyclic amines) is 1. The molecule has 0 spiro atoms. The van der Waals surface area contributed by atoms with Crippen molar-refractivity contribution >= 4 is 24.6 Å². The highest BCUT2D eigenvalue weighted by atomic mass is 28.4. The summed E-state index contributed by atoms with van der Waals surface area (Å²) in [4.78, 5) is 16.6. The lowest BCUT2D eigenvalue weighted by atomic mass is 9.79. The Labute approximate surface area is 290 Å². The van der Waals surface area contributed by atoms with Gasteiger partial charge in [0.1, 0.15) is 5.75 Å². The number of hydrogen-bond donors (Lipinski definition) is 0. The van der Waals surface area contributed by atoms with Crippen LogP contribution < -0.4 is 15.1 Å². The van der Waals surface area contributed by atoms with E-state index in [9.17, 15) is 4.79 Å². The van der Waals surface area contributed by atoms with Crippen molar-refractivity contribution in [2.75, 3.05) is 41.1 Å². The summed E-state index contributed by atoms with van der Waals surface area (Å²) in [5.41, 5.74) is 2.20. The lowest BCUT2D eigenvalue weighted by molar-refractivity contribution is -0.139. The zero-order chi connectivity index (χ0) is 34.7. The van der Waals surface area contributed by atoms with Crippen molar-refractivity contribution < 1.29 is 23.4 Å². The fourth-order valence-electron chi connectivity index (χ4n) is 7.61. The normalized spacial score (nSPS) is 18.0. The minimum Gasteiger partial charge on any atom is -0.497 e. The van der Waals surface area contributed by atoms with Crippen LogP contribution in [0.3, 0.4) is 0 Å². The van der Waals surface area contributed by atoms with Gasteiger partial charge in [-0.05, 0) is 78.1 Å². The number of carbonyl (C=O) groups excluding carboxylic acids is 1. The molecule has 1 aliphatic heterocycles. The molecule has 0 saturated carbocycles. The maximum absolute atomic E-state index is 14.6. The Kier molecular flexibility index (Phi) is 13.6. The molecule has 7 heteroatoms. The molecule has 0 bridgehead atoms. The molecule has 0 radical (unpaired) electrons. The number of aryl methyl sites for hydroxylation is 1. The van der Waals surface area contributed by atoms with Gasteiger partial charge in [0.05, 0.1) is 25.9 Å². The average molecular weight is 672 g/mol. The summed E-state index contributed by atoms with van der Waals surface area (Å²) in [7, 11) is 2.46. The molecule has 260 valence electrons. The van der Waals surface area contributed by atoms with Crippen molar-refractivity contribution in [2.24, 2.45) is 11.8 Å². The number of nitrogens with zero attached hydrogens (tertiary/aromatic N) is 1. The summed E-state index contributed by atoms with van der Waals surface area (Å²) >= 11 is 0. The van der Waals surface area contributed by atoms with Crippen LogP contribution in [0.15, 0.2) is 97.1 Å². The van der Waals surface area contributed by atoms with Crippen molar-refractivity contribution in [2.45, 2.75) is 77.0 Å². The third-order valence-electron chi connectivity index (χ3n) is 10.1. The summed E-state index contributed by atoms with van der Waals surface area (Å²) in [5.74, 6) is 0.780. The van der Waals surface area contributed by atoms with E-state index in [4.69, 9.17) is 18.6 Å². The van der Waals surface area contributed by atoms with Crippen molar-refractivity contribution in [1.29, 1.82) is 0 Å². The van der Waals surface area contributed by atoms with Gasteiger partial charge in [-0.2, -0.15) is 0 Å². The van der Waals surface area contributed by atoms with Gasteiger partial charge in [0.15, 0.2) is 0 Å². The molecule has 1 aliphatic rings. The Morgan fingerprint density at radius 2 is 1.56 bits per heavy atom. The molecular formula is C41H57NO5Si. The number of allylic oxidation sites excluding steroid dienone is 1. The van der Waals surface area contributed by atoms with E-state index in [0.717, 1.165) is 42.6 Å². The topological polar surface area (TPSA) is 57.2 Å². The maximum atomic E-state index is 14.6. The van der Waals surface area contributed by atoms with Gasteiger partial charge >= 0.3 is 0 Å². The Morgan fingerprint density at radius 1 is 0.917 bits per heavy atom. The number of amides is 1. The standard InChI is InChI=1S/C41H57NO5Si/c1-31(2)38(23-16-26-47-48(41(3,4)5,36-19-11-9-12-20-36)37-21-13-10-14-22-37)39(25-24-32-17-15-18-34(27-32)45-7)40(43)42-29-35(46-8)28-33(42)30-44-6/h9-15,17-22,27,33,35,38-39H,1,16,23-26,28-30H2,2-8H3/t33-,35+,38+,39-/m0/s1. The van der Waals surface area contributed by atoms with Gasteiger partial charge in [-0.15, -0.1) is 0 Å². The second-order valence-corrected chi connectivity index (χ2v) is 18.6. The van der Waals surface area contributed by atoms with Crippen LogP contribution in [-0.4, -0.2) is 72.4 Å². The van der Waals surface area contributed by atoms with E-state index in [2.05, 4.69) is 107 Å². The molecule has 0 unspecified atom stereocenters. The van der Waals surface area contributed by atoms with E-state index < -0.39 is 8.32 Å². The van der Waals surface area contributed by atoms with E-state index in [-0.39, 0.29) is 34.9 Å². The molecular weight excluding hydrogens is 615 g/mol. The lowest BCUT2D eigenvalue weighted by Crippen LogP contribution is -2.66. The van der Waals surface area contributed by atoms with E-state index in [0.29, 0.717) is 26.2 Å². The summed E-state index contributed by atoms with van der Waals surface area (Å²) in [6.07, 6.45) is 3.92. The molecule has 6 nitrogen and oxygen atoms in total. The first-order valence-electron chi connectivity index (χ1n) is 17.4. The number of methoxy groups -OCH3 is 3. The first kappa shape index (κ1) is 37.6. The number of benzene rings is 3. The SMILES string of the molecule is C=C(C)[C@@H](CCCO[Si](c1ccccc1)(c1ccccc1)C(C)(C)C)[C@H](CCc1cccc(OC)c1)C(=O)N1C[C@H](OC)C[C@H]1COC. The molecule has 1 fully saturated rings. The van der Waals surface area contributed by atoms with Crippen molar-refractivity contribution in [3.8, 4) is 5.75 Å². The molecule has 0 N–H and O–H groups in total. The van der Waals surface area contributed by atoms with E-state index >= 15 is 0 Å². The van der Waals surface area contributed by atoms with E-state index in [1.165, 1.54) is 10.4 Å². The van der Waals surface area contributed by atoms with Gasteiger partial charge in [0.25, 0.3) is 8.32 Å². The van der Waals surface area contributed by atoms with Crippen LogP contribution >= 0.6 is 0 Å². The van der Waals surface area contributed by atoms with Crippen molar-refractivity contribution in [3.05, 3.63) is 103 Å². The first-order valence-corrected chi connectivity index (χ1v) is 19.3. The highest BCUT2D eigenvalue weighted by molar-refractivity contribution is 6.99. The van der Waals surface area contributed by atoms with Gasteiger partial charge in [-0.3, -0.25) is 4.79 Å². The van der Waals surface area contributed by atoms with Gasteiger partial charge in [-0.1, -0.05) is 106 Å². The maximum Gasteiger partial charge on any atom is 0.261 e. The van der Waals surface area contributed by atoms with Crippen LogP contribution in [0.4, 0.5) is 0 Å². The highest BCUT2D eigenvalue weighted by Crippen LogP contribution is 2.38. The third-order valence-corrected chi connectivity index (χ3v) is 15.1. The fourth-order valence-corrected chi connectivity index (χ4v) is 12.2. The van der Waals surface area contributed by atoms with Crippen LogP contribution in [0.25, 0.3) is 0 Å². The zero-order valence-electron chi connectivity index (χ0n) is 30.2. The van der Waals surface area contributed by atoms with Crippen LogP contribution in [0.2, 0.25) is 5.04 Å². The number of rotatable bonds is 17. The largest absolute Gasteiger partial charge is 0.497 e. The zero-order valence-corrected chi connectivity index (χ0v) is 31.2. The molecule has 1 saturated heterocycles. The second-order valence-electron chi connectivity index (χ2n) is 14.3. The molecule has 48 heavy (non-hydrogen) atoms. The quantitative estimate of drug-likeness (QED) is 0.0875. The van der Waals surface area contributed by atoms with Crippen LogP contribution in [-0.2, 0) is 25.1 Å². The fraction of sp³-hybridized carbons (Fsp3) is 0.488. The Balaban J connectivity index is 1.60. The van der Waals surface area contributed by atoms with Gasteiger partial charge in [0.2, 0.25) is 5.91 Å². The minimum absolute atomic E-state index is 0.00368. The predicted octanol–water partition coefficient (Wildman–Crippen LogP) is 7.06. The second kappa shape index (κ2) is 17.4. The number of hydrogen-bond acceptors (Lipinski definition) is 5. The Hall–Kier alpha value is -3.23. The Bertz CT molecular complexity index is 1400. The monoisotopic (exact) mass is 671 g/mol. The summed E-state index contributed by atoms with van der Waals surface area (Å²) < 4.78 is 24.0. The third kappa shape index (κ3) is 8.86. The summed E-state index contributed by atoms with van der Waals surface area (Å²) in [5, 5.41) is 2.46. The van der Waals surface area contributed by atoms with Crippen molar-refractivity contribution in [1.82, 2.24) is 4.90 Å². The minimum atomic E-state index is -2.65. The predicted molar refractivity (Wildman–Crippen MR) is 199 cm³/mol. The number of ether oxygens (including phenoxy) is 3. The molecule has 4 atom stereocenters. The summed E-state index contributed by atoms with van der Waals surface area (Å²) in [6.45, 7) is 15.1. The summed E-state index contributed by atoms with van der Waals surface area (Å²) in [6, 6.07) is 29.7. The molecule has 1 amide bonds. The highest BCUT2D eigenvalue weighted by Gasteiger charge is 2.50. The van der Waals surface area contributed by atoms with Gasteiger partial charge in [0, 0.05) is 33.3 Å². The van der Waals surface area contributed by atoms with Crippen LogP contribution in [0.5, 0.6) is 5.75 Å². The molecule has 1 heterocycles. The van der Waals surface area contributed by atoms with Crippen molar-refractivity contribution in [3.63, 3.8) is 0 Å². The molecule has 0 aliphatic carbocycles. The first-order chi connectivity index (χ1) is 23.0. The van der Waals surface area contributed by atoms with Gasteiger partial charge in [-0.25, -0.2) is 0 Å². The van der Waals surface area contributed by atoms with E-state index in [1.54, 1.807) is 21.3 Å².